The molecule has 1 aromatic rings. The summed E-state index contributed by atoms with van der Waals surface area (Å²) >= 11 is 0. The molecule has 0 aromatic heterocycles. The number of nitrogens with two attached hydrogens (primary N) is 1. The number of anilines is 1. The van der Waals surface area contributed by atoms with E-state index in [0.717, 1.165) is 0 Å². The van der Waals surface area contributed by atoms with E-state index in [1.54, 1.807) is 39.2 Å². The number of rotatable bonds is 4. The monoisotopic (exact) mass is 483 g/mol. The predicted molar refractivity (Wildman–Crippen MR) is 126 cm³/mol. The summed E-state index contributed by atoms with van der Waals surface area (Å²) in [6.45, 7) is 1.38. The molecule has 0 radical (unpaired) electrons. The van der Waals surface area contributed by atoms with E-state index in [9.17, 15) is 34.5 Å². The van der Waals surface area contributed by atoms with Gasteiger partial charge in [0.1, 0.15) is 17.1 Å². The molecule has 0 aliphatic heterocycles. The number of nitrogens with zero attached hydrogens (tertiary/aromatic N) is 2. The Morgan fingerprint density at radius 3 is 2.26 bits per heavy atom. The Balaban J connectivity index is 1.98. The van der Waals surface area contributed by atoms with E-state index < -0.39 is 58.0 Å². The highest BCUT2D eigenvalue weighted by molar-refractivity contribution is 6.24. The van der Waals surface area contributed by atoms with Crippen molar-refractivity contribution in [2.45, 2.75) is 31.4 Å². The van der Waals surface area contributed by atoms with Crippen LogP contribution < -0.4 is 10.6 Å². The van der Waals surface area contributed by atoms with Crippen molar-refractivity contribution in [2.24, 2.45) is 17.6 Å². The predicted octanol–water partition coefficient (Wildman–Crippen LogP) is 0.684. The Bertz CT molecular complexity index is 1260. The molecule has 3 aliphatic carbocycles. The fraction of sp³-hybridized carbons (Fsp3) is 0.440. The van der Waals surface area contributed by atoms with Crippen LogP contribution in [-0.4, -0.2) is 83.3 Å². The number of aliphatic hydroxyl groups is 3. The van der Waals surface area contributed by atoms with Crippen LogP contribution in [-0.2, 0) is 16.0 Å². The molecule has 10 heteroatoms. The Morgan fingerprint density at radius 2 is 1.74 bits per heavy atom. The largest absolute Gasteiger partial charge is 0.510 e. The number of hydrogen-bond donors (Lipinski definition) is 4. The summed E-state index contributed by atoms with van der Waals surface area (Å²) in [7, 11) is 6.78. The van der Waals surface area contributed by atoms with Crippen LogP contribution in [0.5, 0.6) is 0 Å². The van der Waals surface area contributed by atoms with Crippen molar-refractivity contribution in [3.63, 3.8) is 0 Å². The van der Waals surface area contributed by atoms with Crippen molar-refractivity contribution < 1.29 is 34.5 Å². The molecule has 0 bridgehead atoms. The van der Waals surface area contributed by atoms with E-state index in [1.165, 1.54) is 17.9 Å². The van der Waals surface area contributed by atoms with Crippen molar-refractivity contribution in [3.05, 3.63) is 51.5 Å². The number of ketones is 3. The van der Waals surface area contributed by atoms with Gasteiger partial charge < -0.3 is 26.0 Å². The van der Waals surface area contributed by atoms with E-state index in [-0.39, 0.29) is 23.3 Å². The van der Waals surface area contributed by atoms with Crippen molar-refractivity contribution in [3.8, 4) is 0 Å². The zero-order valence-corrected chi connectivity index (χ0v) is 20.2. The minimum Gasteiger partial charge on any atom is -0.510 e. The molecular formula is C25H29N3O7. The maximum absolute atomic E-state index is 13.7. The molecule has 186 valence electrons. The zero-order valence-electron chi connectivity index (χ0n) is 20.2. The zero-order chi connectivity index (χ0) is 26.1. The minimum atomic E-state index is -2.62. The van der Waals surface area contributed by atoms with Crippen molar-refractivity contribution >= 4 is 28.9 Å². The Kier molecular flexibility index (Phi) is 5.65. The van der Waals surface area contributed by atoms with Crippen LogP contribution in [0.4, 0.5) is 5.69 Å². The van der Waals surface area contributed by atoms with Gasteiger partial charge in [-0.15, -0.1) is 0 Å². The molecule has 0 heterocycles. The lowest BCUT2D eigenvalue weighted by Crippen LogP contribution is -2.63. The lowest BCUT2D eigenvalue weighted by atomic mass is 9.58. The highest BCUT2D eigenvalue weighted by Gasteiger charge is 2.63. The first kappa shape index (κ1) is 24.6. The second-order valence-corrected chi connectivity index (χ2v) is 9.94. The number of aliphatic hydroxyl groups excluding tert-OH is 2. The Labute approximate surface area is 202 Å². The van der Waals surface area contributed by atoms with Crippen LogP contribution in [0, 0.1) is 11.8 Å². The van der Waals surface area contributed by atoms with Crippen molar-refractivity contribution in [1.29, 1.82) is 0 Å². The number of primary amides is 1. The molecule has 2 unspecified atom stereocenters. The van der Waals surface area contributed by atoms with E-state index >= 15 is 0 Å². The average molecular weight is 484 g/mol. The number of hydrogen-bond acceptors (Lipinski definition) is 9. The summed E-state index contributed by atoms with van der Waals surface area (Å²) in [6, 6.07) is 2.17. The molecule has 4 rings (SSSR count). The van der Waals surface area contributed by atoms with Gasteiger partial charge in [-0.2, -0.15) is 0 Å². The second kappa shape index (κ2) is 8.03. The quantitative estimate of drug-likeness (QED) is 0.356. The maximum Gasteiger partial charge on any atom is 0.255 e. The first-order valence-corrected chi connectivity index (χ1v) is 11.2. The number of allylic oxidation sites excluding steroid dienone is 1. The fourth-order valence-electron chi connectivity index (χ4n) is 5.84. The second-order valence-electron chi connectivity index (χ2n) is 9.94. The van der Waals surface area contributed by atoms with Gasteiger partial charge in [-0.05, 0) is 57.5 Å². The lowest BCUT2D eigenvalue weighted by molar-refractivity contribution is -0.148. The van der Waals surface area contributed by atoms with Crippen LogP contribution in [0.2, 0.25) is 0 Å². The van der Waals surface area contributed by atoms with Gasteiger partial charge in [-0.25, -0.2) is 0 Å². The normalized spacial score (nSPS) is 28.0. The molecule has 10 nitrogen and oxygen atoms in total. The van der Waals surface area contributed by atoms with E-state index in [1.807, 2.05) is 0 Å². The first-order chi connectivity index (χ1) is 16.2. The number of Topliss-reactive ketones (excluding diaryl/α,β-unsaturated/α-hetero) is 3. The van der Waals surface area contributed by atoms with Gasteiger partial charge in [0.25, 0.3) is 5.91 Å². The molecule has 0 spiro atoms. The Morgan fingerprint density at radius 1 is 1.11 bits per heavy atom. The molecule has 35 heavy (non-hydrogen) atoms. The number of carbonyl (C=O) groups excluding carboxylic acids is 4. The molecule has 3 aliphatic rings. The van der Waals surface area contributed by atoms with Crippen LogP contribution in [0.1, 0.15) is 39.6 Å². The van der Waals surface area contributed by atoms with Gasteiger partial charge in [-0.3, -0.25) is 24.1 Å². The minimum absolute atomic E-state index is 0.0765. The molecule has 4 atom stereocenters. The summed E-state index contributed by atoms with van der Waals surface area (Å²) in [6.07, 6.45) is 0.382. The summed E-state index contributed by atoms with van der Waals surface area (Å²) in [4.78, 5) is 54.5. The third-order valence-corrected chi connectivity index (χ3v) is 7.45. The number of carbonyl (C=O) groups is 4. The summed E-state index contributed by atoms with van der Waals surface area (Å²) in [5.74, 6) is -6.34. The van der Waals surface area contributed by atoms with E-state index in [4.69, 9.17) is 5.73 Å². The molecule has 1 amide bonds. The summed E-state index contributed by atoms with van der Waals surface area (Å²) in [5.41, 5.74) is 3.70. The number of benzene rings is 1. The number of fused-ring (bicyclic) bond motifs is 3. The molecular weight excluding hydrogens is 454 g/mol. The molecule has 0 saturated heterocycles. The van der Waals surface area contributed by atoms with Gasteiger partial charge in [0.05, 0.1) is 6.04 Å². The smallest absolute Gasteiger partial charge is 0.255 e. The van der Waals surface area contributed by atoms with Crippen LogP contribution in [0.15, 0.2) is 34.8 Å². The third-order valence-electron chi connectivity index (χ3n) is 7.45. The van der Waals surface area contributed by atoms with Gasteiger partial charge in [-0.1, -0.05) is 0 Å². The topological polar surface area (TPSA) is 161 Å². The Hall–Kier alpha value is -3.50. The highest BCUT2D eigenvalue weighted by atomic mass is 16.3. The highest BCUT2D eigenvalue weighted by Crippen LogP contribution is 2.52. The summed E-state index contributed by atoms with van der Waals surface area (Å²) in [5, 5.41) is 33.7. The van der Waals surface area contributed by atoms with E-state index in [0.29, 0.717) is 23.2 Å². The van der Waals surface area contributed by atoms with Crippen LogP contribution >= 0.6 is 0 Å². The molecule has 5 N–H and O–H groups in total. The van der Waals surface area contributed by atoms with Crippen LogP contribution in [0.25, 0.3) is 0 Å². The fourth-order valence-corrected chi connectivity index (χ4v) is 5.84. The van der Waals surface area contributed by atoms with Crippen LogP contribution in [0.3, 0.4) is 0 Å². The third kappa shape index (κ3) is 3.31. The molecule has 0 saturated carbocycles. The van der Waals surface area contributed by atoms with Crippen molar-refractivity contribution in [1.82, 2.24) is 4.90 Å². The maximum atomic E-state index is 13.7. The number of likely N-dealkylation sites (N-methyl/N-ethyl adjacent to an activating group) is 1. The van der Waals surface area contributed by atoms with Gasteiger partial charge in [0.15, 0.2) is 17.2 Å². The SMILES string of the molecule is CC(=O)c1cc2c(c(N(C)C)c1)CC1CC3[C@H](N(C)C)C(O)=C(C(N)=O)C(=O)[C@@]3(O)C(O)=C1C2=O. The number of amides is 1. The molecule has 0 fully saturated rings. The van der Waals surface area contributed by atoms with Gasteiger partial charge in [0.2, 0.25) is 5.78 Å². The summed E-state index contributed by atoms with van der Waals surface area (Å²) < 4.78 is 0. The van der Waals surface area contributed by atoms with Gasteiger partial charge in [0, 0.05) is 42.4 Å². The standard InChI is InChI=1S/C25H29N3O7/c1-10(29)11-6-14-13(16(9-11)27(2)3)7-12-8-15-19(28(4)5)21(31)18(24(26)34)23(33)25(15,35)22(32)17(12)20(14)30/h6,9,12,15,19,31-32,35H,7-8H2,1-5H3,(H2,26,34)/t12?,15?,19-,25-/m0/s1. The van der Waals surface area contributed by atoms with E-state index in [2.05, 4.69) is 0 Å². The first-order valence-electron chi connectivity index (χ1n) is 11.2. The average Bonchev–Trinajstić information content (AvgIpc) is 2.75. The van der Waals surface area contributed by atoms with Gasteiger partial charge >= 0.3 is 0 Å². The molecule has 1 aromatic carbocycles. The van der Waals surface area contributed by atoms with Crippen molar-refractivity contribution in [2.75, 3.05) is 33.1 Å². The lowest BCUT2D eigenvalue weighted by Gasteiger charge is -2.50.